The maximum absolute atomic E-state index is 12.0. The van der Waals surface area contributed by atoms with Gasteiger partial charge in [0.05, 0.1) is 29.9 Å². The van der Waals surface area contributed by atoms with E-state index in [1.807, 2.05) is 0 Å². The Morgan fingerprint density at radius 3 is 2.94 bits per heavy atom. The van der Waals surface area contributed by atoms with E-state index in [0.29, 0.717) is 17.2 Å². The Bertz CT molecular complexity index is 532. The minimum atomic E-state index is -0.159. The molecule has 0 aromatic carbocycles. The molecule has 0 atom stereocenters. The maximum atomic E-state index is 12.0. The van der Waals surface area contributed by atoms with Gasteiger partial charge in [0.15, 0.2) is 0 Å². The van der Waals surface area contributed by atoms with Crippen LogP contribution in [0.25, 0.3) is 0 Å². The van der Waals surface area contributed by atoms with Gasteiger partial charge in [0, 0.05) is 5.92 Å². The number of amides is 1. The molecule has 2 heterocycles. The van der Waals surface area contributed by atoms with Gasteiger partial charge in [0.2, 0.25) is 0 Å². The molecule has 5 nitrogen and oxygen atoms in total. The van der Waals surface area contributed by atoms with Crippen molar-refractivity contribution in [2.24, 2.45) is 0 Å². The third kappa shape index (κ3) is 2.04. The molecule has 1 amide bonds. The third-order valence-corrected chi connectivity index (χ3v) is 2.73. The number of hydrogen-bond donors (Lipinski definition) is 1. The molecule has 2 aromatic rings. The molecule has 0 saturated heterocycles. The van der Waals surface area contributed by atoms with Crippen LogP contribution >= 0.6 is 0 Å². The summed E-state index contributed by atoms with van der Waals surface area (Å²) in [4.78, 5) is 12.0. The predicted molar refractivity (Wildman–Crippen MR) is 60.7 cm³/mol. The number of hydrogen-bond acceptors (Lipinski definition) is 4. The monoisotopic (exact) mass is 229 g/mol. The molecule has 2 aromatic heterocycles. The van der Waals surface area contributed by atoms with Gasteiger partial charge in [-0.3, -0.25) is 4.79 Å². The minimum Gasteiger partial charge on any atom is -0.468 e. The number of carbonyl (C=O) groups is 1. The molecule has 17 heavy (non-hydrogen) atoms. The predicted octanol–water partition coefficient (Wildman–Crippen LogP) is 2.20. The normalized spacial score (nSPS) is 14.6. The summed E-state index contributed by atoms with van der Waals surface area (Å²) >= 11 is 0. The summed E-state index contributed by atoms with van der Waals surface area (Å²) in [5.74, 6) is 1.06. The lowest BCUT2D eigenvalue weighted by Gasteiger charge is -2.03. The van der Waals surface area contributed by atoms with Crippen molar-refractivity contribution in [3.05, 3.63) is 42.1 Å². The van der Waals surface area contributed by atoms with Crippen molar-refractivity contribution in [1.82, 2.24) is 10.2 Å². The number of nitrogens with one attached hydrogen (secondary N) is 1. The first-order chi connectivity index (χ1) is 8.34. The highest BCUT2D eigenvalue weighted by Crippen LogP contribution is 2.42. The molecule has 1 saturated carbocycles. The number of aromatic nitrogens is 2. The van der Waals surface area contributed by atoms with Crippen LogP contribution in [0.15, 0.2) is 35.2 Å². The van der Waals surface area contributed by atoms with Crippen LogP contribution in [0, 0.1) is 0 Å². The SMILES string of the molecule is O=C(Nc1ccnnc1)c1ccoc1C1CC1. The number of carbonyl (C=O) groups excluding carboxylic acids is 1. The van der Waals surface area contributed by atoms with Gasteiger partial charge in [-0.25, -0.2) is 0 Å². The minimum absolute atomic E-state index is 0.159. The molecule has 1 aliphatic rings. The number of rotatable bonds is 3. The van der Waals surface area contributed by atoms with E-state index in [-0.39, 0.29) is 5.91 Å². The van der Waals surface area contributed by atoms with Gasteiger partial charge in [-0.2, -0.15) is 10.2 Å². The lowest BCUT2D eigenvalue weighted by molar-refractivity contribution is 0.102. The first-order valence-electron chi connectivity index (χ1n) is 5.50. The average molecular weight is 229 g/mol. The summed E-state index contributed by atoms with van der Waals surface area (Å²) in [5.41, 5.74) is 1.25. The summed E-state index contributed by atoms with van der Waals surface area (Å²) in [6.07, 6.45) is 6.81. The Labute approximate surface area is 97.9 Å². The zero-order chi connectivity index (χ0) is 11.7. The summed E-state index contributed by atoms with van der Waals surface area (Å²) in [7, 11) is 0. The van der Waals surface area contributed by atoms with E-state index < -0.39 is 0 Å². The van der Waals surface area contributed by atoms with Gasteiger partial charge in [-0.1, -0.05) is 0 Å². The van der Waals surface area contributed by atoms with Crippen LogP contribution in [0.3, 0.4) is 0 Å². The topological polar surface area (TPSA) is 68.0 Å². The third-order valence-electron chi connectivity index (χ3n) is 2.73. The van der Waals surface area contributed by atoms with Crippen LogP contribution in [-0.2, 0) is 0 Å². The molecule has 86 valence electrons. The van der Waals surface area contributed by atoms with Crippen LogP contribution in [0.2, 0.25) is 0 Å². The molecule has 3 rings (SSSR count). The van der Waals surface area contributed by atoms with Gasteiger partial charge in [-0.05, 0) is 25.0 Å². The van der Waals surface area contributed by atoms with E-state index in [9.17, 15) is 4.79 Å². The molecule has 1 fully saturated rings. The molecule has 0 aliphatic heterocycles. The van der Waals surface area contributed by atoms with Crippen LogP contribution in [-0.4, -0.2) is 16.1 Å². The second-order valence-electron chi connectivity index (χ2n) is 4.06. The first kappa shape index (κ1) is 10.0. The lowest BCUT2D eigenvalue weighted by atomic mass is 10.2. The fourth-order valence-corrected chi connectivity index (χ4v) is 1.73. The van der Waals surface area contributed by atoms with Crippen molar-refractivity contribution in [2.45, 2.75) is 18.8 Å². The van der Waals surface area contributed by atoms with Crippen molar-refractivity contribution >= 4 is 11.6 Å². The second-order valence-corrected chi connectivity index (χ2v) is 4.06. The van der Waals surface area contributed by atoms with Crippen molar-refractivity contribution in [2.75, 3.05) is 5.32 Å². The van der Waals surface area contributed by atoms with Crippen molar-refractivity contribution < 1.29 is 9.21 Å². The van der Waals surface area contributed by atoms with E-state index in [1.54, 1.807) is 18.4 Å². The van der Waals surface area contributed by atoms with E-state index in [2.05, 4.69) is 15.5 Å². The lowest BCUT2D eigenvalue weighted by Crippen LogP contribution is -2.12. The zero-order valence-electron chi connectivity index (χ0n) is 9.09. The highest BCUT2D eigenvalue weighted by atomic mass is 16.3. The standard InChI is InChI=1S/C12H11N3O2/c16-12(15-9-3-5-13-14-7-9)10-4-6-17-11(10)8-1-2-8/h3-8H,1-2H2,(H,13,15,16). The Kier molecular flexibility index (Phi) is 2.36. The summed E-state index contributed by atoms with van der Waals surface area (Å²) in [6.45, 7) is 0. The highest BCUT2D eigenvalue weighted by Gasteiger charge is 2.31. The van der Waals surface area contributed by atoms with E-state index in [1.165, 1.54) is 12.4 Å². The quantitative estimate of drug-likeness (QED) is 0.876. The Hall–Kier alpha value is -2.17. The van der Waals surface area contributed by atoms with E-state index in [4.69, 9.17) is 4.42 Å². The molecule has 0 unspecified atom stereocenters. The van der Waals surface area contributed by atoms with Crippen molar-refractivity contribution in [1.29, 1.82) is 0 Å². The smallest absolute Gasteiger partial charge is 0.259 e. The van der Waals surface area contributed by atoms with Crippen molar-refractivity contribution in [3.63, 3.8) is 0 Å². The molecule has 0 bridgehead atoms. The van der Waals surface area contributed by atoms with Crippen LogP contribution in [0.1, 0.15) is 34.9 Å². The number of anilines is 1. The number of furan rings is 1. The second kappa shape index (κ2) is 4.01. The molecule has 1 aliphatic carbocycles. The van der Waals surface area contributed by atoms with Crippen LogP contribution in [0.5, 0.6) is 0 Å². The fraction of sp³-hybridized carbons (Fsp3) is 0.250. The van der Waals surface area contributed by atoms with E-state index >= 15 is 0 Å². The van der Waals surface area contributed by atoms with Crippen molar-refractivity contribution in [3.8, 4) is 0 Å². The Morgan fingerprint density at radius 1 is 1.35 bits per heavy atom. The summed E-state index contributed by atoms with van der Waals surface area (Å²) in [6, 6.07) is 3.40. The maximum Gasteiger partial charge on any atom is 0.259 e. The zero-order valence-corrected chi connectivity index (χ0v) is 9.09. The molecule has 5 heteroatoms. The largest absolute Gasteiger partial charge is 0.468 e. The Morgan fingerprint density at radius 2 is 2.24 bits per heavy atom. The summed E-state index contributed by atoms with van der Waals surface area (Å²) < 4.78 is 5.36. The van der Waals surface area contributed by atoms with Gasteiger partial charge < -0.3 is 9.73 Å². The average Bonchev–Trinajstić information content (AvgIpc) is 3.08. The molecule has 0 radical (unpaired) electrons. The molecule has 0 spiro atoms. The van der Waals surface area contributed by atoms with E-state index in [0.717, 1.165) is 18.6 Å². The first-order valence-corrected chi connectivity index (χ1v) is 5.50. The molecular formula is C12H11N3O2. The summed E-state index contributed by atoms with van der Waals surface area (Å²) in [5, 5.41) is 10.1. The van der Waals surface area contributed by atoms with Gasteiger partial charge in [0.1, 0.15) is 5.76 Å². The van der Waals surface area contributed by atoms with Gasteiger partial charge >= 0.3 is 0 Å². The number of nitrogens with zero attached hydrogens (tertiary/aromatic N) is 2. The molecule has 1 N–H and O–H groups in total. The van der Waals surface area contributed by atoms with Crippen LogP contribution in [0.4, 0.5) is 5.69 Å². The Balaban J connectivity index is 1.80. The fourth-order valence-electron chi connectivity index (χ4n) is 1.73. The van der Waals surface area contributed by atoms with Gasteiger partial charge in [-0.15, -0.1) is 0 Å². The molecular weight excluding hydrogens is 218 g/mol. The van der Waals surface area contributed by atoms with Gasteiger partial charge in [0.25, 0.3) is 5.91 Å². The highest BCUT2D eigenvalue weighted by molar-refractivity contribution is 6.05. The van der Waals surface area contributed by atoms with Crippen LogP contribution < -0.4 is 5.32 Å².